The lowest BCUT2D eigenvalue weighted by atomic mass is 10.0. The van der Waals surface area contributed by atoms with Gasteiger partial charge in [0.25, 0.3) is 16.7 Å². The predicted molar refractivity (Wildman–Crippen MR) is 305 cm³/mol. The van der Waals surface area contributed by atoms with E-state index in [1.54, 1.807) is 71.0 Å². The number of hydrogen-bond donors (Lipinski definition) is 2. The van der Waals surface area contributed by atoms with Gasteiger partial charge in [0.2, 0.25) is 5.91 Å². The monoisotopic (exact) mass is 1260 g/mol. The molecule has 0 aliphatic carbocycles. The molecule has 1 amide bonds. The minimum absolute atomic E-state index is 0. The number of nitrogens with one attached hydrogen (secondary N) is 1. The van der Waals surface area contributed by atoms with Gasteiger partial charge in [-0.3, -0.25) is 14.5 Å². The second-order valence-corrected chi connectivity index (χ2v) is 21.8. The number of para-hydroxylation sites is 2. The summed E-state index contributed by atoms with van der Waals surface area (Å²) in [6.45, 7) is 8.01. The first-order chi connectivity index (χ1) is 37.0. The highest BCUT2D eigenvalue weighted by atomic mass is 127. The molecule has 402 valence electrons. The molecule has 0 saturated carbocycles. The quantitative estimate of drug-likeness (QED) is 0.0401. The van der Waals surface area contributed by atoms with Gasteiger partial charge in [0.1, 0.15) is 18.2 Å². The SMILES string of the molecule is C[n+]1ccccc1Cl.Cc1ccc2c(CC(=O)N(c3ccc(SC(F)F)cc3)c3nc4ccccc4s3)coc2c1C.Cc1ccc2c(CC(=O)O)coc2c1C.FC(F)Sc1ccc(Nc2nc3ccccc3s2)cc1.[I-]. The van der Waals surface area contributed by atoms with Gasteiger partial charge in [-0.1, -0.05) is 94.7 Å². The first-order valence-corrected chi connectivity index (χ1v) is 27.4. The number of halogens is 6. The van der Waals surface area contributed by atoms with Crippen LogP contribution in [0.5, 0.6) is 0 Å². The minimum atomic E-state index is -2.51. The number of carboxylic acid groups (broad SMARTS) is 1. The molecule has 0 aliphatic heterocycles. The second-order valence-electron chi connectivity index (χ2n) is 17.3. The number of aliphatic carboxylic acids is 1. The van der Waals surface area contributed by atoms with Crippen LogP contribution < -0.4 is 38.8 Å². The molecular weight excluding hydrogens is 1210 g/mol. The third kappa shape index (κ3) is 15.2. The highest BCUT2D eigenvalue weighted by molar-refractivity contribution is 7.99. The average molecular weight is 1260 g/mol. The lowest BCUT2D eigenvalue weighted by molar-refractivity contribution is -0.669. The van der Waals surface area contributed by atoms with Crippen LogP contribution in [0.15, 0.2) is 177 Å². The number of aryl methyl sites for hydroxylation is 5. The van der Waals surface area contributed by atoms with Crippen molar-refractivity contribution in [3.63, 3.8) is 0 Å². The summed E-state index contributed by atoms with van der Waals surface area (Å²) >= 11 is 9.66. The molecule has 0 bridgehead atoms. The average Bonchev–Trinajstić information content (AvgIpc) is 4.23. The number of benzene rings is 6. The summed E-state index contributed by atoms with van der Waals surface area (Å²) in [4.78, 5) is 36.0. The van der Waals surface area contributed by atoms with Gasteiger partial charge >= 0.3 is 5.97 Å². The number of carboxylic acids is 1. The van der Waals surface area contributed by atoms with Crippen molar-refractivity contribution in [1.82, 2.24) is 9.97 Å². The Kier molecular flexibility index (Phi) is 20.8. The molecule has 2 N–H and O–H groups in total. The molecule has 0 saturated heterocycles. The van der Waals surface area contributed by atoms with Gasteiger partial charge in [-0.05, 0) is 140 Å². The zero-order chi connectivity index (χ0) is 54.8. The number of carbonyl (C=O) groups excluding carboxylic acids is 1. The Morgan fingerprint density at radius 3 is 1.65 bits per heavy atom. The topological polar surface area (TPSA) is 126 Å². The van der Waals surface area contributed by atoms with Crippen molar-refractivity contribution in [2.75, 3.05) is 10.2 Å². The maximum atomic E-state index is 13.7. The number of carbonyl (C=O) groups is 2. The number of thiazole rings is 2. The van der Waals surface area contributed by atoms with E-state index in [0.29, 0.717) is 44.1 Å². The molecule has 10 nitrogen and oxygen atoms in total. The van der Waals surface area contributed by atoms with Crippen LogP contribution in [0.1, 0.15) is 33.4 Å². The Hall–Kier alpha value is -6.49. The first kappa shape index (κ1) is 59.2. The molecule has 5 aromatic heterocycles. The highest BCUT2D eigenvalue weighted by Gasteiger charge is 2.24. The van der Waals surface area contributed by atoms with Gasteiger partial charge in [0.05, 0.1) is 51.5 Å². The van der Waals surface area contributed by atoms with Gasteiger partial charge in [0.15, 0.2) is 16.5 Å². The summed E-state index contributed by atoms with van der Waals surface area (Å²) in [5, 5.41) is 15.8. The molecule has 5 heterocycles. The van der Waals surface area contributed by atoms with E-state index in [0.717, 1.165) is 91.7 Å². The van der Waals surface area contributed by atoms with Crippen LogP contribution in [0, 0.1) is 27.7 Å². The number of nitrogens with zero attached hydrogens (tertiary/aromatic N) is 4. The third-order valence-electron chi connectivity index (χ3n) is 12.0. The number of thioether (sulfide) groups is 2. The number of furan rings is 2. The van der Waals surface area contributed by atoms with Crippen LogP contribution in [0.4, 0.5) is 39.2 Å². The summed E-state index contributed by atoms with van der Waals surface area (Å²) in [7, 11) is 1.91. The van der Waals surface area contributed by atoms with E-state index in [1.807, 2.05) is 137 Å². The van der Waals surface area contributed by atoms with Gasteiger partial charge in [-0.2, -0.15) is 22.1 Å². The fraction of sp³-hybridized carbons (Fsp3) is 0.155. The number of fused-ring (bicyclic) bond motifs is 4. The van der Waals surface area contributed by atoms with Crippen molar-refractivity contribution in [1.29, 1.82) is 0 Å². The first-order valence-electron chi connectivity index (χ1n) is 23.7. The Balaban J connectivity index is 0.000000169. The number of pyridine rings is 1. The molecule has 0 fully saturated rings. The minimum Gasteiger partial charge on any atom is -1.00 e. The van der Waals surface area contributed by atoms with E-state index in [4.69, 9.17) is 25.5 Å². The summed E-state index contributed by atoms with van der Waals surface area (Å²) in [5.74, 6) is -5.92. The zero-order valence-corrected chi connectivity index (χ0v) is 48.5. The Morgan fingerprint density at radius 1 is 0.667 bits per heavy atom. The highest BCUT2D eigenvalue weighted by Crippen LogP contribution is 2.37. The van der Waals surface area contributed by atoms with Crippen molar-refractivity contribution in [2.45, 2.75) is 61.8 Å². The van der Waals surface area contributed by atoms with E-state index >= 15 is 0 Å². The summed E-state index contributed by atoms with van der Waals surface area (Å²) in [6.07, 6.45) is 5.19. The summed E-state index contributed by atoms with van der Waals surface area (Å²) in [5.41, 5.74) is 10.7. The fourth-order valence-electron chi connectivity index (χ4n) is 7.82. The molecule has 11 rings (SSSR count). The van der Waals surface area contributed by atoms with Crippen molar-refractivity contribution in [2.24, 2.45) is 7.05 Å². The van der Waals surface area contributed by atoms with Crippen LogP contribution >= 0.6 is 57.8 Å². The van der Waals surface area contributed by atoms with Gasteiger partial charge < -0.3 is 43.2 Å². The van der Waals surface area contributed by atoms with E-state index in [9.17, 15) is 27.2 Å². The van der Waals surface area contributed by atoms with Crippen LogP contribution in [0.25, 0.3) is 42.4 Å². The predicted octanol–water partition coefficient (Wildman–Crippen LogP) is 14.1. The van der Waals surface area contributed by atoms with Crippen LogP contribution in [-0.4, -0.2) is 38.5 Å². The lowest BCUT2D eigenvalue weighted by Gasteiger charge is -2.20. The van der Waals surface area contributed by atoms with Crippen molar-refractivity contribution in [3.05, 3.63) is 197 Å². The zero-order valence-electron chi connectivity index (χ0n) is 42.3. The van der Waals surface area contributed by atoms with E-state index < -0.39 is 17.5 Å². The molecule has 20 heteroatoms. The number of aromatic nitrogens is 3. The number of alkyl halides is 4. The molecule has 0 aliphatic rings. The van der Waals surface area contributed by atoms with E-state index in [2.05, 4.69) is 15.3 Å². The van der Waals surface area contributed by atoms with Crippen LogP contribution in [0.2, 0.25) is 5.15 Å². The maximum Gasteiger partial charge on any atom is 0.307 e. The number of hydrogen-bond acceptors (Lipinski definition) is 11. The normalized spacial score (nSPS) is 10.9. The molecule has 0 atom stereocenters. The smallest absolute Gasteiger partial charge is 0.307 e. The Bertz CT molecular complexity index is 3730. The molecule has 0 radical (unpaired) electrons. The van der Waals surface area contributed by atoms with Gasteiger partial charge in [0, 0.05) is 49.5 Å². The summed E-state index contributed by atoms with van der Waals surface area (Å²) < 4.78 is 65.1. The van der Waals surface area contributed by atoms with E-state index in [1.165, 1.54) is 17.6 Å². The van der Waals surface area contributed by atoms with Crippen molar-refractivity contribution < 1.29 is 69.6 Å². The molecule has 11 aromatic rings. The third-order valence-corrected chi connectivity index (χ3v) is 15.8. The van der Waals surface area contributed by atoms with Gasteiger partial charge in [-0.25, -0.2) is 9.97 Å². The molecule has 0 unspecified atom stereocenters. The standard InChI is InChI=1S/C26H20F2N2O2S2.C14H10F2N2S2.C12H12O3.C6H7ClN.HI/c1-15-7-12-20-17(14-32-24(20)16(15)2)13-23(31)30(18-8-10-19(11-9-18)33-25(27)28)26-29-21-5-3-4-6-22(21)34-26;15-13(16)19-10-7-5-9(6-8-10)17-14-18-11-3-1-2-4-12(11)20-14;1-7-3-4-10-9(5-11(13)14)6-15-12(10)8(7)2;1-8-5-3-2-4-6(8)7;/h3-12,14,25H,13H2,1-2H3;1-8,13H,(H,17,18);3-4,6H,5H2,1-2H3,(H,13,14);2-5H,1H3;1H/q;;;+1;/p-1. The van der Waals surface area contributed by atoms with E-state index in [-0.39, 0.29) is 42.7 Å². The number of anilines is 4. The fourth-order valence-corrected chi connectivity index (χ4v) is 10.8. The lowest BCUT2D eigenvalue weighted by Crippen LogP contribution is -3.00. The molecule has 6 aromatic carbocycles. The second kappa shape index (κ2) is 27.4. The molecule has 78 heavy (non-hydrogen) atoms. The maximum absolute atomic E-state index is 13.7. The van der Waals surface area contributed by atoms with Crippen LogP contribution in [-0.2, 0) is 29.5 Å². The van der Waals surface area contributed by atoms with Crippen LogP contribution in [0.3, 0.4) is 0 Å². The van der Waals surface area contributed by atoms with Crippen molar-refractivity contribution in [3.8, 4) is 0 Å². The summed E-state index contributed by atoms with van der Waals surface area (Å²) in [6, 6.07) is 42.6. The largest absolute Gasteiger partial charge is 1.00 e. The molecular formula is C58H49ClF4IN5O5S4. The Labute approximate surface area is 485 Å². The number of amides is 1. The molecule has 0 spiro atoms. The number of rotatable bonds is 12. The Morgan fingerprint density at radius 2 is 1.17 bits per heavy atom. The van der Waals surface area contributed by atoms with Crippen molar-refractivity contribution >= 4 is 134 Å². The van der Waals surface area contributed by atoms with Gasteiger partial charge in [-0.15, -0.1) is 0 Å².